The highest BCUT2D eigenvalue weighted by Gasteiger charge is 2.59. The van der Waals surface area contributed by atoms with Crippen LogP contribution in [0, 0.1) is 11.3 Å². The summed E-state index contributed by atoms with van der Waals surface area (Å²) >= 11 is 0. The van der Waals surface area contributed by atoms with Crippen molar-refractivity contribution in [2.75, 3.05) is 26.7 Å². The lowest BCUT2D eigenvalue weighted by atomic mass is 9.57. The molecule has 1 aliphatic heterocycles. The summed E-state index contributed by atoms with van der Waals surface area (Å²) in [5, 5.41) is 7.13. The molecular formula is C23H39IN4O. The van der Waals surface area contributed by atoms with Crippen molar-refractivity contribution >= 4 is 29.9 Å². The highest BCUT2D eigenvalue weighted by atomic mass is 127. The molecule has 4 unspecified atom stereocenters. The number of hydrogen-bond donors (Lipinski definition) is 2. The Morgan fingerprint density at radius 2 is 2.03 bits per heavy atom. The van der Waals surface area contributed by atoms with E-state index in [1.807, 2.05) is 0 Å². The molecule has 4 atom stereocenters. The van der Waals surface area contributed by atoms with Crippen molar-refractivity contribution in [3.63, 3.8) is 0 Å². The summed E-state index contributed by atoms with van der Waals surface area (Å²) in [7, 11) is 2.20. The van der Waals surface area contributed by atoms with E-state index in [2.05, 4.69) is 80.6 Å². The minimum atomic E-state index is 0. The molecule has 164 valence electrons. The molecule has 2 aliphatic rings. The van der Waals surface area contributed by atoms with Crippen LogP contribution in [0.15, 0.2) is 35.3 Å². The number of aliphatic imine (C=N–C) groups is 1. The highest BCUT2D eigenvalue weighted by Crippen LogP contribution is 2.52. The van der Waals surface area contributed by atoms with Gasteiger partial charge < -0.3 is 15.4 Å². The Hall–Kier alpha value is -0.860. The van der Waals surface area contributed by atoms with E-state index < -0.39 is 0 Å². The van der Waals surface area contributed by atoms with Gasteiger partial charge in [0, 0.05) is 49.7 Å². The average Bonchev–Trinajstić information content (AvgIpc) is 3.14. The van der Waals surface area contributed by atoms with E-state index in [-0.39, 0.29) is 29.4 Å². The predicted molar refractivity (Wildman–Crippen MR) is 132 cm³/mol. The molecule has 6 heteroatoms. The molecule has 1 saturated heterocycles. The number of nitrogens with zero attached hydrogens (tertiary/aromatic N) is 2. The minimum absolute atomic E-state index is 0. The van der Waals surface area contributed by atoms with Crippen molar-refractivity contribution in [2.24, 2.45) is 16.3 Å². The summed E-state index contributed by atoms with van der Waals surface area (Å²) in [6.45, 7) is 12.6. The fraction of sp³-hybridized carbons (Fsp3) is 0.696. The maximum absolute atomic E-state index is 5.92. The van der Waals surface area contributed by atoms with Gasteiger partial charge in [0.2, 0.25) is 0 Å². The molecule has 2 fully saturated rings. The zero-order valence-electron chi connectivity index (χ0n) is 18.6. The van der Waals surface area contributed by atoms with Gasteiger partial charge in [-0.15, -0.1) is 24.0 Å². The maximum Gasteiger partial charge on any atom is 0.191 e. The van der Waals surface area contributed by atoms with Crippen LogP contribution in [-0.2, 0) is 11.3 Å². The summed E-state index contributed by atoms with van der Waals surface area (Å²) in [5.74, 6) is 1.57. The number of fused-ring (bicyclic) bond motifs is 1. The first-order valence-electron chi connectivity index (χ1n) is 10.8. The van der Waals surface area contributed by atoms with Crippen molar-refractivity contribution in [2.45, 2.75) is 65.3 Å². The number of guanidine groups is 1. The summed E-state index contributed by atoms with van der Waals surface area (Å²) in [4.78, 5) is 7.27. The van der Waals surface area contributed by atoms with Gasteiger partial charge in [0.15, 0.2) is 5.96 Å². The van der Waals surface area contributed by atoms with E-state index in [0.717, 1.165) is 45.0 Å². The van der Waals surface area contributed by atoms with Crippen LogP contribution in [0.2, 0.25) is 0 Å². The minimum Gasteiger partial charge on any atom is -0.377 e. The Morgan fingerprint density at radius 3 is 2.72 bits per heavy atom. The monoisotopic (exact) mass is 514 g/mol. The van der Waals surface area contributed by atoms with Crippen LogP contribution < -0.4 is 10.6 Å². The standard InChI is InChI=1S/C23H38N4O.HI/c1-6-24-22(26-20-19-13-15-28-21(19)23(20,3)4)25-14-12-17(2)27(5)16-18-10-8-7-9-11-18;/h7-11,17,19-21H,6,12-16H2,1-5H3,(H2,24,25,26);1H. The highest BCUT2D eigenvalue weighted by molar-refractivity contribution is 14.0. The van der Waals surface area contributed by atoms with Crippen LogP contribution in [0.3, 0.4) is 0 Å². The zero-order chi connectivity index (χ0) is 20.1. The molecule has 0 aromatic heterocycles. The molecule has 2 N–H and O–H groups in total. The third-order valence-electron chi connectivity index (χ3n) is 6.58. The maximum atomic E-state index is 5.92. The first kappa shape index (κ1) is 24.4. The lowest BCUT2D eigenvalue weighted by molar-refractivity contribution is -0.106. The van der Waals surface area contributed by atoms with Gasteiger partial charge in [-0.1, -0.05) is 44.2 Å². The second-order valence-electron chi connectivity index (χ2n) is 8.99. The lowest BCUT2D eigenvalue weighted by Crippen LogP contribution is -2.68. The summed E-state index contributed by atoms with van der Waals surface area (Å²) in [6, 6.07) is 11.6. The van der Waals surface area contributed by atoms with E-state index >= 15 is 0 Å². The first-order chi connectivity index (χ1) is 13.4. The Kier molecular flexibility index (Phi) is 9.22. The Morgan fingerprint density at radius 1 is 1.31 bits per heavy atom. The lowest BCUT2D eigenvalue weighted by Gasteiger charge is -2.54. The van der Waals surface area contributed by atoms with Crippen LogP contribution in [0.1, 0.15) is 46.1 Å². The van der Waals surface area contributed by atoms with Gasteiger partial charge in [-0.25, -0.2) is 0 Å². The fourth-order valence-electron chi connectivity index (χ4n) is 4.70. The van der Waals surface area contributed by atoms with E-state index in [9.17, 15) is 0 Å². The molecule has 3 rings (SSSR count). The van der Waals surface area contributed by atoms with Crippen LogP contribution in [0.4, 0.5) is 0 Å². The van der Waals surface area contributed by atoms with Gasteiger partial charge in [0.05, 0.1) is 6.10 Å². The van der Waals surface area contributed by atoms with Gasteiger partial charge in [0.1, 0.15) is 0 Å². The smallest absolute Gasteiger partial charge is 0.191 e. The van der Waals surface area contributed by atoms with E-state index in [4.69, 9.17) is 9.73 Å². The molecule has 1 saturated carbocycles. The number of rotatable bonds is 8. The third kappa shape index (κ3) is 5.85. The Bertz CT molecular complexity index is 652. The number of nitrogens with one attached hydrogen (secondary N) is 2. The molecule has 29 heavy (non-hydrogen) atoms. The zero-order valence-corrected chi connectivity index (χ0v) is 21.0. The molecular weight excluding hydrogens is 475 g/mol. The normalized spacial score (nSPS) is 26.3. The number of halogens is 1. The van der Waals surface area contributed by atoms with Gasteiger partial charge >= 0.3 is 0 Å². The second kappa shape index (κ2) is 11.0. The quantitative estimate of drug-likeness (QED) is 0.314. The molecule has 0 amide bonds. The Labute approximate surface area is 194 Å². The van der Waals surface area contributed by atoms with Crippen molar-refractivity contribution in [1.82, 2.24) is 15.5 Å². The number of ether oxygens (including phenoxy) is 1. The van der Waals surface area contributed by atoms with Crippen molar-refractivity contribution in [3.8, 4) is 0 Å². The average molecular weight is 514 g/mol. The SMILES string of the molecule is CCNC(=NCCC(C)N(C)Cc1ccccc1)NC1C2CCOC2C1(C)C.I. The summed E-state index contributed by atoms with van der Waals surface area (Å²) in [6.07, 6.45) is 2.61. The molecule has 0 radical (unpaired) electrons. The summed E-state index contributed by atoms with van der Waals surface area (Å²) in [5.41, 5.74) is 1.52. The molecule has 1 aliphatic carbocycles. The molecule has 1 aromatic rings. The molecule has 0 spiro atoms. The van der Waals surface area contributed by atoms with Gasteiger partial charge in [-0.3, -0.25) is 9.89 Å². The van der Waals surface area contributed by atoms with Crippen LogP contribution >= 0.6 is 24.0 Å². The van der Waals surface area contributed by atoms with Crippen LogP contribution in [-0.4, -0.2) is 55.8 Å². The summed E-state index contributed by atoms with van der Waals surface area (Å²) < 4.78 is 5.92. The van der Waals surface area contributed by atoms with Gasteiger partial charge in [0.25, 0.3) is 0 Å². The van der Waals surface area contributed by atoms with E-state index in [1.54, 1.807) is 0 Å². The van der Waals surface area contributed by atoms with E-state index in [0.29, 0.717) is 24.1 Å². The number of benzene rings is 1. The molecule has 1 aromatic carbocycles. The van der Waals surface area contributed by atoms with Crippen molar-refractivity contribution < 1.29 is 4.74 Å². The number of hydrogen-bond acceptors (Lipinski definition) is 3. The predicted octanol–water partition coefficient (Wildman–Crippen LogP) is 3.88. The topological polar surface area (TPSA) is 48.9 Å². The Balaban J connectivity index is 0.00000300. The third-order valence-corrected chi connectivity index (χ3v) is 6.58. The van der Waals surface area contributed by atoms with E-state index in [1.165, 1.54) is 5.56 Å². The van der Waals surface area contributed by atoms with Crippen LogP contribution in [0.25, 0.3) is 0 Å². The second-order valence-corrected chi connectivity index (χ2v) is 8.99. The van der Waals surface area contributed by atoms with Gasteiger partial charge in [-0.05, 0) is 39.3 Å². The molecule has 5 nitrogen and oxygen atoms in total. The molecule has 1 heterocycles. The van der Waals surface area contributed by atoms with Crippen molar-refractivity contribution in [3.05, 3.63) is 35.9 Å². The fourth-order valence-corrected chi connectivity index (χ4v) is 4.70. The van der Waals surface area contributed by atoms with Crippen LogP contribution in [0.5, 0.6) is 0 Å². The van der Waals surface area contributed by atoms with Crippen molar-refractivity contribution in [1.29, 1.82) is 0 Å². The molecule has 0 bridgehead atoms. The largest absolute Gasteiger partial charge is 0.377 e. The van der Waals surface area contributed by atoms with Gasteiger partial charge in [-0.2, -0.15) is 0 Å². The first-order valence-corrected chi connectivity index (χ1v) is 10.8.